The number of carbonyl (C=O) groups is 1. The molecule has 0 spiro atoms. The van der Waals surface area contributed by atoms with Crippen molar-refractivity contribution in [1.29, 1.82) is 0 Å². The first-order valence-corrected chi connectivity index (χ1v) is 6.03. The number of rotatable bonds is 5. The Morgan fingerprint density at radius 1 is 1.00 bits per heavy atom. The average molecular weight is 256 g/mol. The van der Waals surface area contributed by atoms with Crippen LogP contribution in [0, 0.1) is 0 Å². The van der Waals surface area contributed by atoms with Gasteiger partial charge in [-0.1, -0.05) is 42.5 Å². The molecule has 0 aromatic heterocycles. The number of hydrogen-bond acceptors (Lipinski definition) is 3. The Morgan fingerprint density at radius 2 is 1.63 bits per heavy atom. The maximum atomic E-state index is 10.9. The Bertz CT molecular complexity index is 524. The lowest BCUT2D eigenvalue weighted by Gasteiger charge is -2.06. The summed E-state index contributed by atoms with van der Waals surface area (Å²) in [5.41, 5.74) is 4.47. The smallest absolute Gasteiger partial charge is 0.271 e. The molecule has 0 heterocycles. The van der Waals surface area contributed by atoms with Gasteiger partial charge in [-0.25, -0.2) is 5.84 Å². The number of ether oxygens (including phenoxy) is 1. The molecular weight excluding hydrogens is 240 g/mol. The molecule has 0 atom stereocenters. The zero-order valence-corrected chi connectivity index (χ0v) is 10.5. The van der Waals surface area contributed by atoms with Crippen LogP contribution in [0.25, 0.3) is 0 Å². The molecule has 0 unspecified atom stereocenters. The van der Waals surface area contributed by atoms with Crippen LogP contribution >= 0.6 is 0 Å². The molecule has 98 valence electrons. The molecule has 0 fully saturated rings. The minimum absolute atomic E-state index is 0.0749. The van der Waals surface area contributed by atoms with Gasteiger partial charge < -0.3 is 4.74 Å². The van der Waals surface area contributed by atoms with Gasteiger partial charge in [0.25, 0.3) is 5.91 Å². The predicted octanol–water partition coefficient (Wildman–Crippen LogP) is 1.65. The molecule has 0 bridgehead atoms. The van der Waals surface area contributed by atoms with Gasteiger partial charge in [0, 0.05) is 0 Å². The second-order valence-electron chi connectivity index (χ2n) is 4.16. The lowest BCUT2D eigenvalue weighted by molar-refractivity contribution is -0.123. The average Bonchev–Trinajstić information content (AvgIpc) is 2.47. The first kappa shape index (κ1) is 13.1. The first-order valence-electron chi connectivity index (χ1n) is 6.03. The number of hydrazine groups is 1. The predicted molar refractivity (Wildman–Crippen MR) is 73.5 cm³/mol. The van der Waals surface area contributed by atoms with Crippen LogP contribution in [0.15, 0.2) is 54.6 Å². The molecule has 0 aliphatic carbocycles. The second kappa shape index (κ2) is 6.56. The third kappa shape index (κ3) is 4.12. The zero-order valence-electron chi connectivity index (χ0n) is 10.5. The Hall–Kier alpha value is -2.33. The summed E-state index contributed by atoms with van der Waals surface area (Å²) in [6.45, 7) is -0.0749. The fourth-order valence-electron chi connectivity index (χ4n) is 1.73. The minimum atomic E-state index is -0.353. The quantitative estimate of drug-likeness (QED) is 0.485. The van der Waals surface area contributed by atoms with E-state index in [2.05, 4.69) is 12.1 Å². The van der Waals surface area contributed by atoms with E-state index < -0.39 is 0 Å². The fraction of sp³-hybridized carbons (Fsp3) is 0.133. The summed E-state index contributed by atoms with van der Waals surface area (Å²) < 4.78 is 5.27. The van der Waals surface area contributed by atoms with Gasteiger partial charge in [-0.15, -0.1) is 0 Å². The lowest BCUT2D eigenvalue weighted by atomic mass is 10.1. The van der Waals surface area contributed by atoms with Crippen LogP contribution in [-0.4, -0.2) is 12.5 Å². The van der Waals surface area contributed by atoms with Crippen molar-refractivity contribution in [2.75, 3.05) is 6.61 Å². The molecule has 0 saturated carbocycles. The van der Waals surface area contributed by atoms with Crippen LogP contribution in [0.1, 0.15) is 11.1 Å². The van der Waals surface area contributed by atoms with Gasteiger partial charge >= 0.3 is 0 Å². The SMILES string of the molecule is NNC(=O)COc1ccc(Cc2ccccc2)cc1. The van der Waals surface area contributed by atoms with E-state index in [0.717, 1.165) is 6.42 Å². The van der Waals surface area contributed by atoms with E-state index in [9.17, 15) is 4.79 Å². The molecule has 2 aromatic carbocycles. The second-order valence-corrected chi connectivity index (χ2v) is 4.16. The van der Waals surface area contributed by atoms with Crippen molar-refractivity contribution < 1.29 is 9.53 Å². The summed E-state index contributed by atoms with van der Waals surface area (Å²) in [5.74, 6) is 5.27. The van der Waals surface area contributed by atoms with Gasteiger partial charge in [0.2, 0.25) is 0 Å². The van der Waals surface area contributed by atoms with E-state index in [4.69, 9.17) is 10.6 Å². The van der Waals surface area contributed by atoms with Crippen molar-refractivity contribution in [1.82, 2.24) is 5.43 Å². The summed E-state index contributed by atoms with van der Waals surface area (Å²) in [4.78, 5) is 10.9. The molecule has 19 heavy (non-hydrogen) atoms. The van der Waals surface area contributed by atoms with Crippen LogP contribution in [0.2, 0.25) is 0 Å². The molecule has 0 aliphatic rings. The third-order valence-corrected chi connectivity index (χ3v) is 2.71. The highest BCUT2D eigenvalue weighted by Gasteiger charge is 2.01. The number of benzene rings is 2. The van der Waals surface area contributed by atoms with Gasteiger partial charge in [-0.05, 0) is 29.7 Å². The summed E-state index contributed by atoms with van der Waals surface area (Å²) in [6.07, 6.45) is 0.879. The molecule has 4 nitrogen and oxygen atoms in total. The van der Waals surface area contributed by atoms with Crippen molar-refractivity contribution in [3.8, 4) is 5.75 Å². The maximum Gasteiger partial charge on any atom is 0.271 e. The summed E-state index contributed by atoms with van der Waals surface area (Å²) >= 11 is 0. The fourth-order valence-corrected chi connectivity index (χ4v) is 1.73. The molecule has 4 heteroatoms. The van der Waals surface area contributed by atoms with E-state index >= 15 is 0 Å². The molecule has 0 aliphatic heterocycles. The Balaban J connectivity index is 1.93. The van der Waals surface area contributed by atoms with E-state index in [1.54, 1.807) is 0 Å². The van der Waals surface area contributed by atoms with Crippen molar-refractivity contribution in [3.63, 3.8) is 0 Å². The molecule has 2 rings (SSSR count). The Morgan fingerprint density at radius 3 is 2.26 bits per heavy atom. The van der Waals surface area contributed by atoms with Crippen molar-refractivity contribution in [2.45, 2.75) is 6.42 Å². The van der Waals surface area contributed by atoms with Gasteiger partial charge in [-0.2, -0.15) is 0 Å². The summed E-state index contributed by atoms with van der Waals surface area (Å²) in [6, 6.07) is 17.9. The molecule has 3 N–H and O–H groups in total. The Kier molecular flexibility index (Phi) is 4.53. The van der Waals surface area contributed by atoms with Crippen molar-refractivity contribution in [2.24, 2.45) is 5.84 Å². The number of nitrogens with two attached hydrogens (primary N) is 1. The topological polar surface area (TPSA) is 64.3 Å². The molecular formula is C15H16N2O2. The number of hydrogen-bond donors (Lipinski definition) is 2. The maximum absolute atomic E-state index is 10.9. The molecule has 2 aromatic rings. The Labute approximate surface area is 112 Å². The molecule has 1 amide bonds. The zero-order chi connectivity index (χ0) is 13.5. The van der Waals surface area contributed by atoms with E-state index in [1.165, 1.54) is 11.1 Å². The highest BCUT2D eigenvalue weighted by molar-refractivity contribution is 5.76. The van der Waals surface area contributed by atoms with Gasteiger partial charge in [0.1, 0.15) is 5.75 Å². The van der Waals surface area contributed by atoms with E-state index in [-0.39, 0.29) is 12.5 Å². The highest BCUT2D eigenvalue weighted by atomic mass is 16.5. The van der Waals surface area contributed by atoms with E-state index in [1.807, 2.05) is 47.9 Å². The van der Waals surface area contributed by atoms with Gasteiger partial charge in [0.05, 0.1) is 0 Å². The molecule has 0 saturated heterocycles. The van der Waals surface area contributed by atoms with Crippen LogP contribution in [0.3, 0.4) is 0 Å². The summed E-state index contributed by atoms with van der Waals surface area (Å²) in [7, 11) is 0. The van der Waals surface area contributed by atoms with Gasteiger partial charge in [-0.3, -0.25) is 10.2 Å². The van der Waals surface area contributed by atoms with Crippen molar-refractivity contribution in [3.05, 3.63) is 65.7 Å². The normalized spacial score (nSPS) is 9.95. The van der Waals surface area contributed by atoms with Gasteiger partial charge in [0.15, 0.2) is 6.61 Å². The van der Waals surface area contributed by atoms with E-state index in [0.29, 0.717) is 5.75 Å². The number of amides is 1. The monoisotopic (exact) mass is 256 g/mol. The third-order valence-electron chi connectivity index (χ3n) is 2.71. The largest absolute Gasteiger partial charge is 0.484 e. The minimum Gasteiger partial charge on any atom is -0.484 e. The van der Waals surface area contributed by atoms with Crippen LogP contribution < -0.4 is 16.0 Å². The molecule has 0 radical (unpaired) electrons. The van der Waals surface area contributed by atoms with Crippen molar-refractivity contribution >= 4 is 5.91 Å². The number of carbonyl (C=O) groups excluding carboxylic acids is 1. The number of nitrogens with one attached hydrogen (secondary N) is 1. The first-order chi connectivity index (χ1) is 9.28. The van der Waals surface area contributed by atoms with Crippen LogP contribution in [-0.2, 0) is 11.2 Å². The standard InChI is InChI=1S/C15H16N2O2/c16-17-15(18)11-19-14-8-6-13(7-9-14)10-12-4-2-1-3-5-12/h1-9H,10-11,16H2,(H,17,18). The van der Waals surface area contributed by atoms with Crippen LogP contribution in [0.4, 0.5) is 0 Å². The highest BCUT2D eigenvalue weighted by Crippen LogP contribution is 2.15. The summed E-state index contributed by atoms with van der Waals surface area (Å²) in [5, 5.41) is 0. The van der Waals surface area contributed by atoms with Crippen LogP contribution in [0.5, 0.6) is 5.75 Å². The lowest BCUT2D eigenvalue weighted by Crippen LogP contribution is -2.34.